The van der Waals surface area contributed by atoms with Gasteiger partial charge in [-0.3, -0.25) is 14.4 Å². The van der Waals surface area contributed by atoms with Crippen molar-refractivity contribution in [2.24, 2.45) is 0 Å². The fourth-order valence-electron chi connectivity index (χ4n) is 3.76. The Kier molecular flexibility index (Phi) is 8.46. The summed E-state index contributed by atoms with van der Waals surface area (Å²) in [6.45, 7) is 6.57. The Balaban J connectivity index is 1.38. The number of nitrogens with zero attached hydrogens (tertiary/aromatic N) is 1. The minimum atomic E-state index is -0.319. The molecule has 2 N–H and O–H groups in total. The zero-order valence-electron chi connectivity index (χ0n) is 19.6. The summed E-state index contributed by atoms with van der Waals surface area (Å²) in [6, 6.07) is 14.9. The van der Waals surface area contributed by atoms with E-state index >= 15 is 0 Å². The molecule has 1 fully saturated rings. The molecule has 1 unspecified atom stereocenters. The molecule has 0 saturated carbocycles. The van der Waals surface area contributed by atoms with Crippen molar-refractivity contribution >= 4 is 23.4 Å². The third-order valence-corrected chi connectivity index (χ3v) is 5.49. The summed E-state index contributed by atoms with van der Waals surface area (Å²) in [7, 11) is 0. The zero-order valence-corrected chi connectivity index (χ0v) is 19.6. The van der Waals surface area contributed by atoms with Gasteiger partial charge in [0, 0.05) is 30.3 Å². The summed E-state index contributed by atoms with van der Waals surface area (Å²) in [5.74, 6) is 0.414. The lowest BCUT2D eigenvalue weighted by atomic mass is 10.1. The van der Waals surface area contributed by atoms with Gasteiger partial charge >= 0.3 is 0 Å². The van der Waals surface area contributed by atoms with E-state index in [0.29, 0.717) is 18.5 Å². The van der Waals surface area contributed by atoms with Gasteiger partial charge in [-0.05, 0) is 82.0 Å². The molecule has 1 saturated heterocycles. The second-order valence-corrected chi connectivity index (χ2v) is 8.70. The van der Waals surface area contributed by atoms with E-state index in [9.17, 15) is 14.4 Å². The van der Waals surface area contributed by atoms with Crippen LogP contribution >= 0.6 is 0 Å². The summed E-state index contributed by atoms with van der Waals surface area (Å²) < 4.78 is 5.65. The lowest BCUT2D eigenvalue weighted by Gasteiger charge is -2.16. The van der Waals surface area contributed by atoms with Gasteiger partial charge in [0.1, 0.15) is 5.75 Å². The Morgan fingerprint density at radius 1 is 1.03 bits per heavy atom. The second-order valence-electron chi connectivity index (χ2n) is 8.70. The van der Waals surface area contributed by atoms with Crippen molar-refractivity contribution < 1.29 is 19.1 Å². The number of nitrogens with one attached hydrogen (secondary N) is 2. The topological polar surface area (TPSA) is 87.7 Å². The van der Waals surface area contributed by atoms with E-state index in [-0.39, 0.29) is 36.4 Å². The molecule has 0 spiro atoms. The number of carbonyl (C=O) groups excluding carboxylic acids is 3. The summed E-state index contributed by atoms with van der Waals surface area (Å²) in [6.07, 6.45) is 3.19. The van der Waals surface area contributed by atoms with Crippen LogP contribution in [0, 0.1) is 0 Å². The van der Waals surface area contributed by atoms with E-state index in [0.717, 1.165) is 30.7 Å². The van der Waals surface area contributed by atoms with Crippen molar-refractivity contribution in [3.05, 3.63) is 59.7 Å². The molecular formula is C26H33N3O4. The van der Waals surface area contributed by atoms with Crippen LogP contribution in [-0.4, -0.2) is 43.0 Å². The number of rotatable bonds is 10. The SMILES string of the molecule is CC(CCc1ccc(OC(C)C)cc1)NC(=O)CNC(=O)c1ccc(N2CCCC2=O)cc1. The molecule has 0 aliphatic carbocycles. The number of hydrogen-bond acceptors (Lipinski definition) is 4. The number of benzene rings is 2. The van der Waals surface area contributed by atoms with Gasteiger partial charge in [-0.25, -0.2) is 0 Å². The first-order chi connectivity index (χ1) is 15.8. The quantitative estimate of drug-likeness (QED) is 0.579. The Morgan fingerprint density at radius 2 is 1.73 bits per heavy atom. The van der Waals surface area contributed by atoms with Gasteiger partial charge in [0.25, 0.3) is 5.91 Å². The van der Waals surface area contributed by atoms with Crippen LogP contribution in [0.2, 0.25) is 0 Å². The summed E-state index contributed by atoms with van der Waals surface area (Å²) in [5.41, 5.74) is 2.43. The maximum atomic E-state index is 12.4. The first-order valence-corrected chi connectivity index (χ1v) is 11.6. The van der Waals surface area contributed by atoms with Crippen LogP contribution < -0.4 is 20.3 Å². The van der Waals surface area contributed by atoms with Gasteiger partial charge in [0.15, 0.2) is 0 Å². The molecule has 33 heavy (non-hydrogen) atoms. The predicted octanol–water partition coefficient (Wildman–Crippen LogP) is 3.47. The maximum absolute atomic E-state index is 12.4. The summed E-state index contributed by atoms with van der Waals surface area (Å²) in [5, 5.41) is 5.57. The molecule has 176 valence electrons. The standard InChI is InChI=1S/C26H33N3O4/c1-18(2)33-23-14-8-20(9-15-23)7-6-19(3)28-24(30)17-27-26(32)21-10-12-22(13-11-21)29-16-4-5-25(29)31/h8-15,18-19H,4-7,16-17H2,1-3H3,(H,27,32)(H,28,30). The Labute approximate surface area is 195 Å². The smallest absolute Gasteiger partial charge is 0.251 e. The number of hydrogen-bond donors (Lipinski definition) is 2. The van der Waals surface area contributed by atoms with Crippen LogP contribution in [0.15, 0.2) is 48.5 Å². The normalized spacial score (nSPS) is 14.3. The molecule has 1 atom stereocenters. The molecule has 3 rings (SSSR count). The fourth-order valence-corrected chi connectivity index (χ4v) is 3.76. The van der Waals surface area contributed by atoms with Gasteiger partial charge in [0.2, 0.25) is 11.8 Å². The average molecular weight is 452 g/mol. The van der Waals surface area contributed by atoms with Crippen molar-refractivity contribution in [1.29, 1.82) is 0 Å². The van der Waals surface area contributed by atoms with E-state index < -0.39 is 0 Å². The van der Waals surface area contributed by atoms with Crippen LogP contribution in [0.25, 0.3) is 0 Å². The van der Waals surface area contributed by atoms with Gasteiger partial charge in [-0.15, -0.1) is 0 Å². The summed E-state index contributed by atoms with van der Waals surface area (Å²) in [4.78, 5) is 38.1. The third-order valence-electron chi connectivity index (χ3n) is 5.49. The highest BCUT2D eigenvalue weighted by molar-refractivity contribution is 5.98. The van der Waals surface area contributed by atoms with Crippen LogP contribution in [0.5, 0.6) is 5.75 Å². The molecular weight excluding hydrogens is 418 g/mol. The van der Waals surface area contributed by atoms with Crippen molar-refractivity contribution in [2.45, 2.75) is 58.6 Å². The monoisotopic (exact) mass is 451 g/mol. The highest BCUT2D eigenvalue weighted by atomic mass is 16.5. The summed E-state index contributed by atoms with van der Waals surface area (Å²) >= 11 is 0. The third kappa shape index (κ3) is 7.34. The van der Waals surface area contributed by atoms with E-state index in [1.165, 1.54) is 5.56 Å². The van der Waals surface area contributed by atoms with Gasteiger partial charge in [-0.2, -0.15) is 0 Å². The van der Waals surface area contributed by atoms with Crippen molar-refractivity contribution in [2.75, 3.05) is 18.0 Å². The Morgan fingerprint density at radius 3 is 2.33 bits per heavy atom. The number of amides is 3. The minimum Gasteiger partial charge on any atom is -0.491 e. The second kappa shape index (κ2) is 11.5. The fraction of sp³-hybridized carbons (Fsp3) is 0.423. The van der Waals surface area contributed by atoms with Crippen LogP contribution in [0.1, 0.15) is 56.0 Å². The molecule has 2 aromatic carbocycles. The van der Waals surface area contributed by atoms with Gasteiger partial charge < -0.3 is 20.3 Å². The van der Waals surface area contributed by atoms with Crippen molar-refractivity contribution in [3.63, 3.8) is 0 Å². The predicted molar refractivity (Wildman–Crippen MR) is 128 cm³/mol. The lowest BCUT2D eigenvalue weighted by molar-refractivity contribution is -0.120. The van der Waals surface area contributed by atoms with Gasteiger partial charge in [-0.1, -0.05) is 12.1 Å². The van der Waals surface area contributed by atoms with Gasteiger partial charge in [0.05, 0.1) is 12.6 Å². The molecule has 7 nitrogen and oxygen atoms in total. The van der Waals surface area contributed by atoms with Crippen molar-refractivity contribution in [1.82, 2.24) is 10.6 Å². The molecule has 2 aromatic rings. The zero-order chi connectivity index (χ0) is 23.8. The van der Waals surface area contributed by atoms with Crippen LogP contribution in [-0.2, 0) is 16.0 Å². The molecule has 1 aliphatic heterocycles. The molecule has 1 aliphatic rings. The van der Waals surface area contributed by atoms with Crippen molar-refractivity contribution in [3.8, 4) is 5.75 Å². The van der Waals surface area contributed by atoms with E-state index in [1.54, 1.807) is 29.2 Å². The molecule has 0 bridgehead atoms. The molecule has 7 heteroatoms. The number of ether oxygens (including phenoxy) is 1. The Bertz CT molecular complexity index is 955. The van der Waals surface area contributed by atoms with Crippen LogP contribution in [0.3, 0.4) is 0 Å². The Hall–Kier alpha value is -3.35. The largest absolute Gasteiger partial charge is 0.491 e. The maximum Gasteiger partial charge on any atom is 0.251 e. The van der Waals surface area contributed by atoms with E-state index in [4.69, 9.17) is 4.74 Å². The first-order valence-electron chi connectivity index (χ1n) is 11.6. The molecule has 0 radical (unpaired) electrons. The molecule has 0 aromatic heterocycles. The van der Waals surface area contributed by atoms with E-state index in [1.807, 2.05) is 45.0 Å². The lowest BCUT2D eigenvalue weighted by Crippen LogP contribution is -2.41. The molecule has 1 heterocycles. The van der Waals surface area contributed by atoms with E-state index in [2.05, 4.69) is 10.6 Å². The number of carbonyl (C=O) groups is 3. The highest BCUT2D eigenvalue weighted by Crippen LogP contribution is 2.21. The minimum absolute atomic E-state index is 0.0155. The first kappa shape index (κ1) is 24.3. The number of aryl methyl sites for hydroxylation is 1. The molecule has 3 amide bonds. The average Bonchev–Trinajstić information content (AvgIpc) is 3.22. The highest BCUT2D eigenvalue weighted by Gasteiger charge is 2.21. The van der Waals surface area contributed by atoms with Crippen LogP contribution in [0.4, 0.5) is 5.69 Å². The number of anilines is 1.